The normalized spacial score (nSPS) is 12.0. The lowest BCUT2D eigenvalue weighted by molar-refractivity contribution is -0.137. The van der Waals surface area contributed by atoms with Crippen LogP contribution in [0.3, 0.4) is 0 Å². The molecule has 1 heterocycles. The molecule has 0 atom stereocenters. The quantitative estimate of drug-likeness (QED) is 0.262. The van der Waals surface area contributed by atoms with Crippen molar-refractivity contribution < 1.29 is 19.0 Å². The van der Waals surface area contributed by atoms with Gasteiger partial charge in [0, 0.05) is 16.1 Å². The summed E-state index contributed by atoms with van der Waals surface area (Å²) >= 11 is 3.22. The van der Waals surface area contributed by atoms with Crippen LogP contribution < -0.4 is 0 Å². The summed E-state index contributed by atoms with van der Waals surface area (Å²) < 4.78 is 19.2. The van der Waals surface area contributed by atoms with Crippen molar-refractivity contribution in [1.29, 1.82) is 5.26 Å². The first kappa shape index (κ1) is 19.3. The molecule has 2 aromatic carbocycles. The monoisotopic (exact) mass is 441 g/mol. The predicted molar refractivity (Wildman–Crippen MR) is 105 cm³/mol. The van der Waals surface area contributed by atoms with Gasteiger partial charge in [-0.15, -0.1) is 0 Å². The van der Waals surface area contributed by atoms with Gasteiger partial charge in [0.25, 0.3) is 0 Å². The molecule has 6 nitrogen and oxygen atoms in total. The first-order valence-corrected chi connectivity index (χ1v) is 8.84. The number of fused-ring (bicyclic) bond motifs is 1. The molecule has 3 rings (SSSR count). The number of esters is 1. The minimum Gasteiger partial charge on any atom is -0.507 e. The number of hydrogen-bond acceptors (Lipinski definition) is 5. The molecule has 0 saturated heterocycles. The second kappa shape index (κ2) is 8.50. The van der Waals surface area contributed by atoms with Crippen molar-refractivity contribution >= 4 is 44.6 Å². The number of imidazole rings is 1. The van der Waals surface area contributed by atoms with E-state index in [1.54, 1.807) is 18.2 Å². The lowest BCUT2D eigenvalue weighted by Gasteiger charge is -2.03. The molecule has 0 aliphatic heterocycles. The van der Waals surface area contributed by atoms with Gasteiger partial charge in [0.05, 0.1) is 11.0 Å². The minimum absolute atomic E-state index is 0.133. The average Bonchev–Trinajstić information content (AvgIpc) is 3.11. The van der Waals surface area contributed by atoms with Gasteiger partial charge in [-0.25, -0.2) is 14.2 Å². The number of hydrogen-bond donors (Lipinski definition) is 2. The molecule has 0 saturated carbocycles. The molecule has 0 spiro atoms. The first-order valence-electron chi connectivity index (χ1n) is 8.05. The second-order valence-corrected chi connectivity index (χ2v) is 6.56. The zero-order valence-corrected chi connectivity index (χ0v) is 15.9. The molecule has 0 aliphatic rings. The Morgan fingerprint density at radius 1 is 1.36 bits per heavy atom. The molecule has 0 bridgehead atoms. The van der Waals surface area contributed by atoms with Crippen LogP contribution in [0.4, 0.5) is 4.39 Å². The fourth-order valence-electron chi connectivity index (χ4n) is 2.39. The third-order valence-electron chi connectivity index (χ3n) is 3.73. The number of carbonyl (C=O) groups is 1. The number of benzene rings is 2. The van der Waals surface area contributed by atoms with E-state index in [1.165, 1.54) is 24.3 Å². The van der Waals surface area contributed by atoms with Gasteiger partial charge in [-0.1, -0.05) is 28.1 Å². The molecule has 0 amide bonds. The smallest absolute Gasteiger partial charge is 0.331 e. The number of nitriles is 1. The van der Waals surface area contributed by atoms with Crippen LogP contribution in [-0.4, -0.2) is 27.7 Å². The summed E-state index contributed by atoms with van der Waals surface area (Å²) in [4.78, 5) is 19.0. The summed E-state index contributed by atoms with van der Waals surface area (Å²) in [5.74, 6) is -1.57. The van der Waals surface area contributed by atoms with E-state index in [1.807, 2.05) is 12.1 Å². The molecule has 28 heavy (non-hydrogen) atoms. The Morgan fingerprint density at radius 3 is 2.89 bits per heavy atom. The average molecular weight is 442 g/mol. The standard InChI is InChI=1S/C20H13BrFN3O3/c21-13-6-7-15(22)12(9-13)5-8-19(27)28-11-18(26)14(10-23)20-24-16-3-1-2-4-17(16)25-20/h1-9,26H,11H2,(H,24,25)/b8-5+,18-14?. The van der Waals surface area contributed by atoms with E-state index < -0.39 is 24.2 Å². The predicted octanol–water partition coefficient (Wildman–Crippen LogP) is 4.51. The number of aliphatic hydroxyl groups is 1. The van der Waals surface area contributed by atoms with E-state index in [0.29, 0.717) is 15.5 Å². The van der Waals surface area contributed by atoms with Crippen molar-refractivity contribution in [3.63, 3.8) is 0 Å². The van der Waals surface area contributed by atoms with Crippen LogP contribution in [0, 0.1) is 17.1 Å². The molecule has 8 heteroatoms. The number of aromatic amines is 1. The molecule has 0 aliphatic carbocycles. The van der Waals surface area contributed by atoms with E-state index in [0.717, 1.165) is 6.08 Å². The van der Waals surface area contributed by atoms with Crippen molar-refractivity contribution in [2.24, 2.45) is 0 Å². The van der Waals surface area contributed by atoms with Gasteiger partial charge >= 0.3 is 5.97 Å². The minimum atomic E-state index is -0.798. The fraction of sp³-hybridized carbons (Fsp3) is 0.0500. The van der Waals surface area contributed by atoms with Gasteiger partial charge in [-0.05, 0) is 36.4 Å². The highest BCUT2D eigenvalue weighted by Crippen LogP contribution is 2.19. The lowest BCUT2D eigenvalue weighted by Crippen LogP contribution is -2.06. The summed E-state index contributed by atoms with van der Waals surface area (Å²) in [5, 5.41) is 19.5. The largest absolute Gasteiger partial charge is 0.507 e. The number of rotatable bonds is 5. The van der Waals surface area contributed by atoms with E-state index in [4.69, 9.17) is 4.74 Å². The maximum Gasteiger partial charge on any atom is 0.331 e. The molecular weight excluding hydrogens is 429 g/mol. The van der Waals surface area contributed by atoms with Crippen molar-refractivity contribution in [2.45, 2.75) is 0 Å². The van der Waals surface area contributed by atoms with Crippen LogP contribution in [0.1, 0.15) is 11.4 Å². The van der Waals surface area contributed by atoms with E-state index in [9.17, 15) is 19.6 Å². The maximum absolute atomic E-state index is 13.6. The Hall–Kier alpha value is -3.44. The number of carbonyl (C=O) groups excluding carboxylic acids is 1. The van der Waals surface area contributed by atoms with Gasteiger partial charge in [0.2, 0.25) is 0 Å². The Bertz CT molecular complexity index is 1110. The van der Waals surface area contributed by atoms with Gasteiger partial charge < -0.3 is 14.8 Å². The Balaban J connectivity index is 1.71. The summed E-state index contributed by atoms with van der Waals surface area (Å²) in [6.07, 6.45) is 2.29. The topological polar surface area (TPSA) is 99.0 Å². The van der Waals surface area contributed by atoms with Crippen LogP contribution in [-0.2, 0) is 9.53 Å². The third kappa shape index (κ3) is 4.45. The number of H-pyrrole nitrogens is 1. The molecule has 1 aromatic heterocycles. The van der Waals surface area contributed by atoms with Gasteiger partial charge in [0.1, 0.15) is 24.1 Å². The lowest BCUT2D eigenvalue weighted by atomic mass is 10.2. The van der Waals surface area contributed by atoms with Crippen molar-refractivity contribution in [1.82, 2.24) is 9.97 Å². The molecule has 0 fully saturated rings. The Morgan fingerprint density at radius 2 is 2.14 bits per heavy atom. The van der Waals surface area contributed by atoms with Crippen LogP contribution in [0.5, 0.6) is 0 Å². The zero-order chi connectivity index (χ0) is 20.1. The maximum atomic E-state index is 13.6. The van der Waals surface area contributed by atoms with E-state index in [-0.39, 0.29) is 17.0 Å². The summed E-state index contributed by atoms with van der Waals surface area (Å²) in [6.45, 7) is -0.524. The molecule has 3 aromatic rings. The van der Waals surface area contributed by atoms with E-state index in [2.05, 4.69) is 25.9 Å². The van der Waals surface area contributed by atoms with Crippen LogP contribution in [0.15, 0.2) is 58.8 Å². The molecule has 140 valence electrons. The third-order valence-corrected chi connectivity index (χ3v) is 4.23. The molecular formula is C20H13BrFN3O3. The highest BCUT2D eigenvalue weighted by molar-refractivity contribution is 9.10. The van der Waals surface area contributed by atoms with Gasteiger partial charge in [-0.3, -0.25) is 0 Å². The van der Waals surface area contributed by atoms with Crippen molar-refractivity contribution in [2.75, 3.05) is 6.61 Å². The van der Waals surface area contributed by atoms with Gasteiger partial charge in [0.15, 0.2) is 11.6 Å². The van der Waals surface area contributed by atoms with Gasteiger partial charge in [-0.2, -0.15) is 5.26 Å². The number of aliphatic hydroxyl groups excluding tert-OH is 1. The van der Waals surface area contributed by atoms with Crippen molar-refractivity contribution in [3.05, 3.63) is 76.0 Å². The van der Waals surface area contributed by atoms with Crippen LogP contribution in [0.25, 0.3) is 22.7 Å². The SMILES string of the molecule is N#CC(=C(O)COC(=O)/C=C/c1cc(Br)ccc1F)c1nc2ccccc2[nH]1. The fourth-order valence-corrected chi connectivity index (χ4v) is 2.76. The number of ether oxygens (including phenoxy) is 1. The Kier molecular flexibility index (Phi) is 5.87. The summed E-state index contributed by atoms with van der Waals surface area (Å²) in [6, 6.07) is 13.3. The highest BCUT2D eigenvalue weighted by atomic mass is 79.9. The molecule has 0 unspecified atom stereocenters. The number of para-hydroxylation sites is 2. The number of nitrogens with zero attached hydrogens (tertiary/aromatic N) is 2. The second-order valence-electron chi connectivity index (χ2n) is 5.64. The van der Waals surface area contributed by atoms with Crippen molar-refractivity contribution in [3.8, 4) is 6.07 Å². The number of nitrogens with one attached hydrogen (secondary N) is 1. The molecule has 0 radical (unpaired) electrons. The van der Waals surface area contributed by atoms with E-state index >= 15 is 0 Å². The van der Waals surface area contributed by atoms with Crippen LogP contribution >= 0.6 is 15.9 Å². The zero-order valence-electron chi connectivity index (χ0n) is 14.3. The number of allylic oxidation sites excluding steroid dienone is 1. The molecule has 2 N–H and O–H groups in total. The number of halogens is 2. The Labute approximate surface area is 167 Å². The summed E-state index contributed by atoms with van der Waals surface area (Å²) in [7, 11) is 0. The first-order chi connectivity index (χ1) is 13.5. The van der Waals surface area contributed by atoms with Crippen LogP contribution in [0.2, 0.25) is 0 Å². The number of aromatic nitrogens is 2. The summed E-state index contributed by atoms with van der Waals surface area (Å²) in [5.41, 5.74) is 1.40. The highest BCUT2D eigenvalue weighted by Gasteiger charge is 2.14.